The van der Waals surface area contributed by atoms with Gasteiger partial charge in [0.2, 0.25) is 5.82 Å². The van der Waals surface area contributed by atoms with E-state index in [1.807, 2.05) is 0 Å². The second-order valence-electron chi connectivity index (χ2n) is 5.94. The van der Waals surface area contributed by atoms with Gasteiger partial charge in [-0.1, -0.05) is 19.3 Å². The van der Waals surface area contributed by atoms with Gasteiger partial charge in [0.15, 0.2) is 28.4 Å². The van der Waals surface area contributed by atoms with Crippen LogP contribution in [0.1, 0.15) is 37.7 Å². The smallest absolute Gasteiger partial charge is 0.276 e. The van der Waals surface area contributed by atoms with Crippen LogP contribution in [0.2, 0.25) is 0 Å². The molecule has 1 saturated heterocycles. The molecule has 0 spiro atoms. The average Bonchev–Trinajstić information content (AvgIpc) is 2.89. The van der Waals surface area contributed by atoms with Gasteiger partial charge in [0, 0.05) is 6.04 Å². The molecule has 3 nitrogen and oxygen atoms in total. The Bertz CT molecular complexity index is 760. The lowest BCUT2D eigenvalue weighted by atomic mass is 9.94. The third-order valence-electron chi connectivity index (χ3n) is 4.38. The number of amides is 1. The Hall–Kier alpha value is -2.03. The fraction of sp³-hybridized carbons (Fsp3) is 0.375. The summed E-state index contributed by atoms with van der Waals surface area (Å²) in [6.07, 6.45) is 4.98. The van der Waals surface area contributed by atoms with Crippen molar-refractivity contribution in [2.24, 2.45) is 0 Å². The summed E-state index contributed by atoms with van der Waals surface area (Å²) in [5.74, 6) is -11.0. The maximum atomic E-state index is 13.8. The minimum atomic E-state index is -2.25. The molecule has 0 atom stereocenters. The Morgan fingerprint density at radius 3 is 2.00 bits per heavy atom. The van der Waals surface area contributed by atoms with Crippen molar-refractivity contribution in [2.75, 3.05) is 0 Å². The van der Waals surface area contributed by atoms with Crippen molar-refractivity contribution in [2.45, 2.75) is 38.1 Å². The molecule has 3 rings (SSSR count). The molecule has 1 aliphatic carbocycles. The van der Waals surface area contributed by atoms with Crippen LogP contribution in [-0.2, 0) is 4.79 Å². The Morgan fingerprint density at radius 1 is 0.920 bits per heavy atom. The predicted octanol–water partition coefficient (Wildman–Crippen LogP) is 3.77. The molecule has 25 heavy (non-hydrogen) atoms. The van der Waals surface area contributed by atoms with Crippen LogP contribution in [0.4, 0.5) is 22.0 Å². The number of nitrogens with zero attached hydrogens (tertiary/aromatic N) is 1. The molecule has 1 aromatic carbocycles. The van der Waals surface area contributed by atoms with Gasteiger partial charge in [0.25, 0.3) is 5.91 Å². The molecule has 1 saturated carbocycles. The molecule has 134 valence electrons. The molecule has 1 heterocycles. The van der Waals surface area contributed by atoms with Gasteiger partial charge < -0.3 is 5.32 Å². The molecule has 1 amide bonds. The van der Waals surface area contributed by atoms with E-state index in [0.29, 0.717) is 6.08 Å². The van der Waals surface area contributed by atoms with Crippen LogP contribution < -0.4 is 5.32 Å². The molecule has 1 N–H and O–H groups in total. The summed E-state index contributed by atoms with van der Waals surface area (Å²) in [4.78, 5) is 13.8. The van der Waals surface area contributed by atoms with E-state index >= 15 is 0 Å². The summed E-state index contributed by atoms with van der Waals surface area (Å²) in [6, 6.07) is -0.136. The number of hydrogen-bond donors (Lipinski definition) is 1. The molecular weight excluding hydrogens is 363 g/mol. The van der Waals surface area contributed by atoms with Crippen molar-refractivity contribution in [3.05, 3.63) is 40.3 Å². The molecule has 2 fully saturated rings. The van der Waals surface area contributed by atoms with E-state index in [-0.39, 0.29) is 16.9 Å². The fourth-order valence-corrected chi connectivity index (χ4v) is 3.45. The van der Waals surface area contributed by atoms with Crippen LogP contribution >= 0.6 is 12.2 Å². The summed E-state index contributed by atoms with van der Waals surface area (Å²) in [5, 5.41) is 2.57. The summed E-state index contributed by atoms with van der Waals surface area (Å²) < 4.78 is 67.2. The highest BCUT2D eigenvalue weighted by Crippen LogP contribution is 2.29. The number of thiocarbonyl (C=S) groups is 1. The zero-order chi connectivity index (χ0) is 18.3. The molecular formula is C16H13F5N2OS. The predicted molar refractivity (Wildman–Crippen MR) is 83.7 cm³/mol. The van der Waals surface area contributed by atoms with E-state index in [1.54, 1.807) is 0 Å². The number of benzene rings is 1. The van der Waals surface area contributed by atoms with Crippen molar-refractivity contribution in [1.82, 2.24) is 10.2 Å². The first-order chi connectivity index (χ1) is 11.8. The lowest BCUT2D eigenvalue weighted by molar-refractivity contribution is -0.124. The van der Waals surface area contributed by atoms with Gasteiger partial charge in [-0.25, -0.2) is 22.0 Å². The summed E-state index contributed by atoms with van der Waals surface area (Å²) in [7, 11) is 0. The summed E-state index contributed by atoms with van der Waals surface area (Å²) in [5.41, 5.74) is -1.50. The van der Waals surface area contributed by atoms with Gasteiger partial charge in [-0.2, -0.15) is 0 Å². The second kappa shape index (κ2) is 6.70. The van der Waals surface area contributed by atoms with Gasteiger partial charge in [-0.3, -0.25) is 9.69 Å². The highest BCUT2D eigenvalue weighted by Gasteiger charge is 2.37. The first kappa shape index (κ1) is 17.8. The second-order valence-corrected chi connectivity index (χ2v) is 6.33. The average molecular weight is 376 g/mol. The van der Waals surface area contributed by atoms with E-state index in [4.69, 9.17) is 12.2 Å². The van der Waals surface area contributed by atoms with Crippen LogP contribution in [0.3, 0.4) is 0 Å². The van der Waals surface area contributed by atoms with E-state index in [0.717, 1.165) is 32.1 Å². The zero-order valence-corrected chi connectivity index (χ0v) is 13.7. The SMILES string of the molecule is O=C1/C(=C\c2c(F)c(F)c(F)c(F)c2F)NC(=S)N1C1CCCCC1. The monoisotopic (exact) mass is 376 g/mol. The largest absolute Gasteiger partial charge is 0.328 e. The Kier molecular flexibility index (Phi) is 4.77. The molecule has 9 heteroatoms. The fourth-order valence-electron chi connectivity index (χ4n) is 3.11. The minimum Gasteiger partial charge on any atom is -0.328 e. The molecule has 0 aromatic heterocycles. The van der Waals surface area contributed by atoms with Crippen molar-refractivity contribution >= 4 is 29.3 Å². The number of carbonyl (C=O) groups is 1. The van der Waals surface area contributed by atoms with Gasteiger partial charge in [-0.15, -0.1) is 0 Å². The zero-order valence-electron chi connectivity index (χ0n) is 12.8. The van der Waals surface area contributed by atoms with Crippen molar-refractivity contribution in [3.8, 4) is 0 Å². The third kappa shape index (κ3) is 3.01. The van der Waals surface area contributed by atoms with Crippen LogP contribution in [0.25, 0.3) is 6.08 Å². The highest BCUT2D eigenvalue weighted by molar-refractivity contribution is 7.80. The van der Waals surface area contributed by atoms with Crippen molar-refractivity contribution in [1.29, 1.82) is 0 Å². The van der Waals surface area contributed by atoms with E-state index < -0.39 is 40.6 Å². The van der Waals surface area contributed by atoms with Crippen molar-refractivity contribution < 1.29 is 26.7 Å². The van der Waals surface area contributed by atoms with Crippen LogP contribution in [-0.4, -0.2) is 22.0 Å². The topological polar surface area (TPSA) is 32.3 Å². The van der Waals surface area contributed by atoms with Crippen molar-refractivity contribution in [3.63, 3.8) is 0 Å². The standard InChI is InChI=1S/C16H13F5N2OS/c17-10-8(11(18)13(20)14(21)12(10)19)6-9-15(24)23(16(25)22-9)7-4-2-1-3-5-7/h6-7H,1-5H2,(H,22,25)/b9-6+. The molecule has 0 radical (unpaired) electrons. The summed E-state index contributed by atoms with van der Waals surface area (Å²) in [6.45, 7) is 0. The van der Waals surface area contributed by atoms with E-state index in [1.165, 1.54) is 4.90 Å². The first-order valence-electron chi connectivity index (χ1n) is 7.70. The van der Waals surface area contributed by atoms with Gasteiger partial charge >= 0.3 is 0 Å². The third-order valence-corrected chi connectivity index (χ3v) is 4.68. The quantitative estimate of drug-likeness (QED) is 0.280. The number of rotatable bonds is 2. The molecule has 0 unspecified atom stereocenters. The minimum absolute atomic E-state index is 0.0621. The number of halogens is 5. The lowest BCUT2D eigenvalue weighted by Crippen LogP contribution is -2.41. The number of nitrogens with one attached hydrogen (secondary N) is 1. The Labute approximate surface area is 145 Å². The highest BCUT2D eigenvalue weighted by atomic mass is 32.1. The Morgan fingerprint density at radius 2 is 1.44 bits per heavy atom. The van der Waals surface area contributed by atoms with Gasteiger partial charge in [-0.05, 0) is 31.1 Å². The molecule has 2 aliphatic rings. The van der Waals surface area contributed by atoms with Crippen LogP contribution in [0.15, 0.2) is 5.70 Å². The summed E-state index contributed by atoms with van der Waals surface area (Å²) >= 11 is 5.09. The normalized spacial score (nSPS) is 20.5. The molecule has 1 aliphatic heterocycles. The van der Waals surface area contributed by atoms with E-state index in [2.05, 4.69) is 5.32 Å². The first-order valence-corrected chi connectivity index (χ1v) is 8.11. The maximum absolute atomic E-state index is 13.8. The molecule has 1 aromatic rings. The van der Waals surface area contributed by atoms with Crippen LogP contribution in [0, 0.1) is 29.1 Å². The number of hydrogen-bond acceptors (Lipinski definition) is 2. The van der Waals surface area contributed by atoms with Gasteiger partial charge in [0.05, 0.1) is 5.56 Å². The van der Waals surface area contributed by atoms with E-state index in [9.17, 15) is 26.7 Å². The molecule has 0 bridgehead atoms. The maximum Gasteiger partial charge on any atom is 0.276 e. The van der Waals surface area contributed by atoms with Crippen LogP contribution in [0.5, 0.6) is 0 Å². The lowest BCUT2D eigenvalue weighted by Gasteiger charge is -2.29. The Balaban J connectivity index is 1.98. The number of carbonyl (C=O) groups excluding carboxylic acids is 1. The van der Waals surface area contributed by atoms with Gasteiger partial charge in [0.1, 0.15) is 5.70 Å².